The number of carbonyl (C=O) groups excluding carboxylic acids is 1. The van der Waals surface area contributed by atoms with Crippen LogP contribution in [0.25, 0.3) is 0 Å². The minimum Gasteiger partial charge on any atom is -0.349 e. The lowest BCUT2D eigenvalue weighted by molar-refractivity contribution is 0.0935. The molecular formula is C11H15Cl2NOS. The van der Waals surface area contributed by atoms with Gasteiger partial charge in [0, 0.05) is 11.9 Å². The number of hydrogen-bond donors (Lipinski definition) is 1. The van der Waals surface area contributed by atoms with Gasteiger partial charge in [0.25, 0.3) is 5.91 Å². The van der Waals surface area contributed by atoms with Crippen molar-refractivity contribution in [3.8, 4) is 0 Å². The van der Waals surface area contributed by atoms with Crippen molar-refractivity contribution >= 4 is 40.4 Å². The van der Waals surface area contributed by atoms with Crippen LogP contribution in [0.4, 0.5) is 0 Å². The molecule has 2 atom stereocenters. The minimum absolute atomic E-state index is 0.0449. The quantitative estimate of drug-likeness (QED) is 0.837. The highest BCUT2D eigenvalue weighted by Gasteiger charge is 2.19. The van der Waals surface area contributed by atoms with Crippen molar-refractivity contribution in [2.45, 2.75) is 26.8 Å². The molecule has 1 aromatic rings. The van der Waals surface area contributed by atoms with E-state index in [4.69, 9.17) is 23.2 Å². The molecule has 0 saturated carbocycles. The molecule has 0 fully saturated rings. The Morgan fingerprint density at radius 1 is 1.56 bits per heavy atom. The molecule has 2 unspecified atom stereocenters. The van der Waals surface area contributed by atoms with Crippen molar-refractivity contribution in [1.82, 2.24) is 5.32 Å². The van der Waals surface area contributed by atoms with Crippen LogP contribution in [0.1, 0.15) is 29.1 Å². The van der Waals surface area contributed by atoms with Gasteiger partial charge in [0.05, 0.1) is 5.02 Å². The zero-order chi connectivity index (χ0) is 12.3. The molecule has 0 radical (unpaired) electrons. The lowest BCUT2D eigenvalue weighted by atomic mass is 10.1. The van der Waals surface area contributed by atoms with Crippen molar-refractivity contribution in [1.29, 1.82) is 0 Å². The minimum atomic E-state index is -0.118. The van der Waals surface area contributed by atoms with Crippen molar-refractivity contribution in [3.05, 3.63) is 20.8 Å². The van der Waals surface area contributed by atoms with Crippen LogP contribution >= 0.6 is 34.5 Å². The molecule has 0 spiro atoms. The maximum Gasteiger partial charge on any atom is 0.263 e. The molecular weight excluding hydrogens is 265 g/mol. The summed E-state index contributed by atoms with van der Waals surface area (Å²) in [6, 6.07) is 0.0449. The number of rotatable bonds is 4. The largest absolute Gasteiger partial charge is 0.349 e. The van der Waals surface area contributed by atoms with E-state index in [1.807, 2.05) is 26.2 Å². The highest BCUT2D eigenvalue weighted by Crippen LogP contribution is 2.27. The number of aryl methyl sites for hydroxylation is 1. The van der Waals surface area contributed by atoms with E-state index in [1.54, 1.807) is 0 Å². The SMILES string of the molecule is Cc1csc(C(=O)NC(C)C(C)CCl)c1Cl. The van der Waals surface area contributed by atoms with E-state index in [0.29, 0.717) is 15.8 Å². The predicted molar refractivity (Wildman–Crippen MR) is 70.9 cm³/mol. The Morgan fingerprint density at radius 2 is 2.19 bits per heavy atom. The van der Waals surface area contributed by atoms with Gasteiger partial charge in [0.2, 0.25) is 0 Å². The summed E-state index contributed by atoms with van der Waals surface area (Å²) in [6.07, 6.45) is 0. The third-order valence-electron chi connectivity index (χ3n) is 2.56. The van der Waals surface area contributed by atoms with Crippen LogP contribution in [0.5, 0.6) is 0 Å². The van der Waals surface area contributed by atoms with E-state index in [1.165, 1.54) is 11.3 Å². The van der Waals surface area contributed by atoms with E-state index in [2.05, 4.69) is 5.32 Å². The molecule has 1 aromatic heterocycles. The van der Waals surface area contributed by atoms with Crippen LogP contribution in [0.2, 0.25) is 5.02 Å². The van der Waals surface area contributed by atoms with Gasteiger partial charge in [-0.05, 0) is 30.7 Å². The second-order valence-electron chi connectivity index (χ2n) is 3.96. The Kier molecular flexibility index (Phi) is 5.09. The van der Waals surface area contributed by atoms with Gasteiger partial charge in [0.1, 0.15) is 4.88 Å². The fourth-order valence-electron chi connectivity index (χ4n) is 1.13. The number of hydrogen-bond acceptors (Lipinski definition) is 2. The Bertz CT molecular complexity index is 378. The molecule has 0 saturated heterocycles. The third-order valence-corrected chi connectivity index (χ3v) is 4.74. The van der Waals surface area contributed by atoms with Crippen molar-refractivity contribution in [3.63, 3.8) is 0 Å². The molecule has 5 heteroatoms. The maximum absolute atomic E-state index is 11.9. The Morgan fingerprint density at radius 3 is 2.62 bits per heavy atom. The van der Waals surface area contributed by atoms with Crippen molar-refractivity contribution in [2.75, 3.05) is 5.88 Å². The van der Waals surface area contributed by atoms with Crippen molar-refractivity contribution in [2.24, 2.45) is 5.92 Å². The van der Waals surface area contributed by atoms with Crippen LogP contribution in [-0.4, -0.2) is 17.8 Å². The standard InChI is InChI=1S/C11H15Cl2NOS/c1-6(4-12)8(3)14-11(15)10-9(13)7(2)5-16-10/h5-6,8H,4H2,1-3H3,(H,14,15). The second-order valence-corrected chi connectivity index (χ2v) is 5.52. The Labute approximate surface area is 110 Å². The molecule has 1 heterocycles. The van der Waals surface area contributed by atoms with Gasteiger partial charge in [-0.3, -0.25) is 4.79 Å². The fraction of sp³-hybridized carbons (Fsp3) is 0.545. The van der Waals surface area contributed by atoms with E-state index < -0.39 is 0 Å². The molecule has 0 bridgehead atoms. The average Bonchev–Trinajstić information content (AvgIpc) is 2.58. The van der Waals surface area contributed by atoms with Crippen LogP contribution in [0.3, 0.4) is 0 Å². The van der Waals surface area contributed by atoms with E-state index in [9.17, 15) is 4.79 Å². The summed E-state index contributed by atoms with van der Waals surface area (Å²) in [7, 11) is 0. The average molecular weight is 280 g/mol. The number of carbonyl (C=O) groups is 1. The molecule has 0 aromatic carbocycles. The van der Waals surface area contributed by atoms with Gasteiger partial charge in [-0.1, -0.05) is 18.5 Å². The van der Waals surface area contributed by atoms with E-state index in [0.717, 1.165) is 5.56 Å². The predicted octanol–water partition coefficient (Wildman–Crippen LogP) is 3.70. The Balaban J connectivity index is 2.69. The summed E-state index contributed by atoms with van der Waals surface area (Å²) in [5, 5.41) is 5.33. The van der Waals surface area contributed by atoms with E-state index >= 15 is 0 Å². The molecule has 2 nitrogen and oxygen atoms in total. The summed E-state index contributed by atoms with van der Waals surface area (Å²) < 4.78 is 0. The van der Waals surface area contributed by atoms with Crippen LogP contribution in [-0.2, 0) is 0 Å². The number of halogens is 2. The van der Waals surface area contributed by atoms with Crippen LogP contribution < -0.4 is 5.32 Å². The fourth-order valence-corrected chi connectivity index (χ4v) is 2.58. The van der Waals surface area contributed by atoms with Gasteiger partial charge in [-0.15, -0.1) is 22.9 Å². The monoisotopic (exact) mass is 279 g/mol. The normalized spacial score (nSPS) is 14.6. The van der Waals surface area contributed by atoms with Crippen LogP contribution in [0.15, 0.2) is 5.38 Å². The summed E-state index contributed by atoms with van der Waals surface area (Å²) in [5.41, 5.74) is 0.940. The second kappa shape index (κ2) is 5.89. The smallest absolute Gasteiger partial charge is 0.263 e. The molecule has 0 aliphatic heterocycles. The molecule has 16 heavy (non-hydrogen) atoms. The van der Waals surface area contributed by atoms with E-state index in [-0.39, 0.29) is 17.9 Å². The molecule has 0 aliphatic rings. The van der Waals surface area contributed by atoms with Gasteiger partial charge < -0.3 is 5.32 Å². The molecule has 90 valence electrons. The molecule has 0 aliphatic carbocycles. The summed E-state index contributed by atoms with van der Waals surface area (Å²) in [6.45, 7) is 5.83. The van der Waals surface area contributed by atoms with Gasteiger partial charge in [-0.25, -0.2) is 0 Å². The van der Waals surface area contributed by atoms with Gasteiger partial charge in [0.15, 0.2) is 0 Å². The lowest BCUT2D eigenvalue weighted by Gasteiger charge is -2.18. The maximum atomic E-state index is 11.9. The summed E-state index contributed by atoms with van der Waals surface area (Å²) in [5.74, 6) is 0.650. The topological polar surface area (TPSA) is 29.1 Å². The summed E-state index contributed by atoms with van der Waals surface area (Å²) in [4.78, 5) is 12.5. The van der Waals surface area contributed by atoms with Crippen molar-refractivity contribution < 1.29 is 4.79 Å². The number of thiophene rings is 1. The zero-order valence-corrected chi connectivity index (χ0v) is 11.8. The first-order chi connectivity index (χ1) is 7.47. The lowest BCUT2D eigenvalue weighted by Crippen LogP contribution is -2.37. The Hall–Kier alpha value is -0.250. The van der Waals surface area contributed by atoms with Crippen LogP contribution in [0, 0.1) is 12.8 Å². The summed E-state index contributed by atoms with van der Waals surface area (Å²) >= 11 is 13.1. The molecule has 1 amide bonds. The highest BCUT2D eigenvalue weighted by molar-refractivity contribution is 7.13. The first-order valence-electron chi connectivity index (χ1n) is 5.07. The zero-order valence-electron chi connectivity index (χ0n) is 9.51. The number of alkyl halides is 1. The molecule has 1 N–H and O–H groups in total. The number of nitrogens with one attached hydrogen (secondary N) is 1. The van der Waals surface area contributed by atoms with Gasteiger partial charge in [-0.2, -0.15) is 0 Å². The first-order valence-corrected chi connectivity index (χ1v) is 6.87. The molecule has 1 rings (SSSR count). The third kappa shape index (κ3) is 3.12. The number of amides is 1. The first kappa shape index (κ1) is 13.8. The van der Waals surface area contributed by atoms with Gasteiger partial charge >= 0.3 is 0 Å². The highest BCUT2D eigenvalue weighted by atomic mass is 35.5.